The third-order valence-electron chi connectivity index (χ3n) is 7.62. The van der Waals surface area contributed by atoms with Crippen LogP contribution in [0, 0.1) is 0 Å². The first kappa shape index (κ1) is 27.8. The summed E-state index contributed by atoms with van der Waals surface area (Å²) in [7, 11) is 0. The van der Waals surface area contributed by atoms with Crippen molar-refractivity contribution >= 4 is 44.4 Å². The highest BCUT2D eigenvalue weighted by Gasteiger charge is 2.31. The Morgan fingerprint density at radius 1 is 0.976 bits per heavy atom. The number of halogens is 3. The quantitative estimate of drug-likeness (QED) is 0.197. The van der Waals surface area contributed by atoms with Crippen LogP contribution in [0.2, 0.25) is 0 Å². The highest BCUT2D eigenvalue weighted by molar-refractivity contribution is 7.21. The summed E-state index contributed by atoms with van der Waals surface area (Å²) >= 11 is 1.18. The number of nitrogens with zero attached hydrogens (tertiary/aromatic N) is 2. The van der Waals surface area contributed by atoms with Gasteiger partial charge < -0.3 is 19.5 Å². The van der Waals surface area contributed by atoms with E-state index in [9.17, 15) is 33.0 Å². The van der Waals surface area contributed by atoms with E-state index in [1.54, 1.807) is 22.8 Å². The molecular weight excluding hydrogens is 569 g/mol. The van der Waals surface area contributed by atoms with Crippen molar-refractivity contribution in [1.82, 2.24) is 9.55 Å². The van der Waals surface area contributed by atoms with E-state index in [0.29, 0.717) is 22.3 Å². The Morgan fingerprint density at radius 3 is 2.48 bits per heavy atom. The highest BCUT2D eigenvalue weighted by atomic mass is 32.1. The van der Waals surface area contributed by atoms with E-state index in [2.05, 4.69) is 9.72 Å². The fourth-order valence-corrected chi connectivity index (χ4v) is 7.05. The monoisotopic (exact) mass is 594 g/mol. The lowest BCUT2D eigenvalue weighted by molar-refractivity contribution is -0.274. The molecule has 0 bridgehead atoms. The number of ether oxygens (including phenoxy) is 1. The predicted octanol–water partition coefficient (Wildman–Crippen LogP) is 8.31. The molecule has 216 valence electrons. The number of rotatable bonds is 7. The lowest BCUT2D eigenvalue weighted by atomic mass is 9.83. The summed E-state index contributed by atoms with van der Waals surface area (Å²) in [6.07, 6.45) is 0.304. The van der Waals surface area contributed by atoms with Crippen molar-refractivity contribution in [2.75, 3.05) is 0 Å². The molecule has 5 aromatic rings. The molecule has 1 aliphatic carbocycles. The fraction of sp³-hybridized carbons (Fsp3) is 0.258. The number of benzene rings is 2. The third kappa shape index (κ3) is 5.44. The Kier molecular flexibility index (Phi) is 7.14. The predicted molar refractivity (Wildman–Crippen MR) is 153 cm³/mol. The average Bonchev–Trinajstić information content (AvgIpc) is 3.50. The first-order valence-corrected chi connectivity index (χ1v) is 14.3. The number of carboxylic acid groups (broad SMARTS) is 2. The highest BCUT2D eigenvalue weighted by Crippen LogP contribution is 2.47. The van der Waals surface area contributed by atoms with Crippen LogP contribution in [0.1, 0.15) is 53.3 Å². The van der Waals surface area contributed by atoms with Gasteiger partial charge in [0.25, 0.3) is 0 Å². The number of hydrogen-bond donors (Lipinski definition) is 2. The van der Waals surface area contributed by atoms with E-state index in [0.717, 1.165) is 59.0 Å². The van der Waals surface area contributed by atoms with Gasteiger partial charge in [-0.1, -0.05) is 43.5 Å². The molecule has 7 nitrogen and oxygen atoms in total. The standard InChI is InChI=1S/C31H25F3N2O5S/c32-31(33,34)41-21-8-4-7-18(14-21)22-11-9-19-13-20(10-12-23(19)35-22)28-27(17-5-2-1-3-6-17)29-24(36(28)16-26(37)38)15-25(42-29)30(39)40/h4,7-15,17H,1-3,5-6,16H2,(H,37,38)(H,39,40). The van der Waals surface area contributed by atoms with Gasteiger partial charge in [0.2, 0.25) is 0 Å². The van der Waals surface area contributed by atoms with Gasteiger partial charge in [-0.3, -0.25) is 4.79 Å². The molecule has 0 atom stereocenters. The van der Waals surface area contributed by atoms with Crippen LogP contribution in [0.5, 0.6) is 5.75 Å². The van der Waals surface area contributed by atoms with Crippen molar-refractivity contribution in [3.05, 3.63) is 71.1 Å². The molecule has 0 saturated heterocycles. The number of aromatic nitrogens is 2. The number of thiophene rings is 1. The number of pyridine rings is 1. The maximum atomic E-state index is 12.7. The largest absolute Gasteiger partial charge is 0.573 e. The molecule has 1 saturated carbocycles. The van der Waals surface area contributed by atoms with Crippen LogP contribution < -0.4 is 4.74 Å². The molecule has 1 fully saturated rings. The lowest BCUT2D eigenvalue weighted by Crippen LogP contribution is -2.17. The minimum Gasteiger partial charge on any atom is -0.480 e. The molecule has 0 spiro atoms. The molecule has 42 heavy (non-hydrogen) atoms. The maximum absolute atomic E-state index is 12.7. The minimum atomic E-state index is -4.80. The molecule has 2 N–H and O–H groups in total. The molecule has 0 aliphatic heterocycles. The van der Waals surface area contributed by atoms with Crippen LogP contribution >= 0.6 is 11.3 Å². The van der Waals surface area contributed by atoms with Crippen LogP contribution in [0.3, 0.4) is 0 Å². The SMILES string of the molecule is O=C(O)Cn1c(-c2ccc3nc(-c4cccc(OC(F)(F)F)c4)ccc3c2)c(C2CCCCC2)c2sc(C(=O)O)cc21. The smallest absolute Gasteiger partial charge is 0.480 e. The number of alkyl halides is 3. The van der Waals surface area contributed by atoms with Gasteiger partial charge in [0, 0.05) is 10.9 Å². The number of carbonyl (C=O) groups is 2. The zero-order valence-corrected chi connectivity index (χ0v) is 23.0. The molecule has 6 rings (SSSR count). The van der Waals surface area contributed by atoms with E-state index < -0.39 is 18.3 Å². The van der Waals surface area contributed by atoms with Gasteiger partial charge in [0.1, 0.15) is 17.2 Å². The van der Waals surface area contributed by atoms with Gasteiger partial charge >= 0.3 is 18.3 Å². The van der Waals surface area contributed by atoms with Gasteiger partial charge in [0.05, 0.1) is 27.1 Å². The summed E-state index contributed by atoms with van der Waals surface area (Å²) in [6, 6.07) is 16.3. The molecule has 0 amide bonds. The normalized spacial score (nSPS) is 14.5. The van der Waals surface area contributed by atoms with Crippen molar-refractivity contribution in [3.63, 3.8) is 0 Å². The van der Waals surface area contributed by atoms with Crippen molar-refractivity contribution in [1.29, 1.82) is 0 Å². The molecule has 11 heteroatoms. The molecule has 3 aromatic heterocycles. The molecule has 2 aromatic carbocycles. The fourth-order valence-electron chi connectivity index (χ4n) is 5.92. The molecule has 3 heterocycles. The zero-order chi connectivity index (χ0) is 29.6. The van der Waals surface area contributed by atoms with Crippen LogP contribution in [0.4, 0.5) is 13.2 Å². The zero-order valence-electron chi connectivity index (χ0n) is 22.1. The number of aliphatic carboxylic acids is 1. The van der Waals surface area contributed by atoms with Gasteiger partial charge in [-0.25, -0.2) is 9.78 Å². The topological polar surface area (TPSA) is 102 Å². The second kappa shape index (κ2) is 10.8. The summed E-state index contributed by atoms with van der Waals surface area (Å²) < 4.78 is 44.7. The van der Waals surface area contributed by atoms with Crippen LogP contribution in [-0.2, 0) is 11.3 Å². The Balaban J connectivity index is 1.47. The van der Waals surface area contributed by atoms with Crippen molar-refractivity contribution in [2.45, 2.75) is 50.9 Å². The first-order valence-electron chi connectivity index (χ1n) is 13.5. The van der Waals surface area contributed by atoms with E-state index in [1.807, 2.05) is 24.3 Å². The number of carboxylic acids is 2. The number of fused-ring (bicyclic) bond motifs is 2. The molecule has 0 radical (unpaired) electrons. The van der Waals surface area contributed by atoms with Gasteiger partial charge in [-0.05, 0) is 66.3 Å². The Bertz CT molecular complexity index is 1840. The summed E-state index contributed by atoms with van der Waals surface area (Å²) in [5.74, 6) is -2.24. The molecular formula is C31H25F3N2O5S. The number of hydrogen-bond acceptors (Lipinski definition) is 5. The minimum absolute atomic E-state index is 0.169. The van der Waals surface area contributed by atoms with Crippen LogP contribution in [0.15, 0.2) is 60.7 Å². The first-order chi connectivity index (χ1) is 20.1. The second-order valence-corrected chi connectivity index (χ2v) is 11.4. The Hall–Kier alpha value is -4.38. The van der Waals surface area contributed by atoms with E-state index in [1.165, 1.54) is 29.5 Å². The second-order valence-electron chi connectivity index (χ2n) is 10.4. The summed E-state index contributed by atoms with van der Waals surface area (Å²) in [5.41, 5.74) is 4.71. The van der Waals surface area contributed by atoms with Crippen LogP contribution in [0.25, 0.3) is 43.6 Å². The molecule has 1 aliphatic rings. The van der Waals surface area contributed by atoms with Crippen molar-refractivity contribution < 1.29 is 37.7 Å². The van der Waals surface area contributed by atoms with Gasteiger partial charge in [0.15, 0.2) is 0 Å². The van der Waals surface area contributed by atoms with Gasteiger partial charge in [-0.15, -0.1) is 24.5 Å². The molecule has 0 unspecified atom stereocenters. The summed E-state index contributed by atoms with van der Waals surface area (Å²) in [6.45, 7) is -0.320. The summed E-state index contributed by atoms with van der Waals surface area (Å²) in [4.78, 5) is 28.6. The average molecular weight is 595 g/mol. The number of aromatic carboxylic acids is 1. The van der Waals surface area contributed by atoms with E-state index in [4.69, 9.17) is 0 Å². The van der Waals surface area contributed by atoms with E-state index >= 15 is 0 Å². The van der Waals surface area contributed by atoms with Gasteiger partial charge in [-0.2, -0.15) is 0 Å². The Labute approximate surface area is 241 Å². The summed E-state index contributed by atoms with van der Waals surface area (Å²) in [5, 5.41) is 20.3. The maximum Gasteiger partial charge on any atom is 0.573 e. The lowest BCUT2D eigenvalue weighted by Gasteiger charge is -2.23. The van der Waals surface area contributed by atoms with E-state index in [-0.39, 0.29) is 23.1 Å². The van der Waals surface area contributed by atoms with Crippen molar-refractivity contribution in [2.24, 2.45) is 0 Å². The third-order valence-corrected chi connectivity index (χ3v) is 8.76. The van der Waals surface area contributed by atoms with Crippen molar-refractivity contribution in [3.8, 4) is 28.3 Å². The van der Waals surface area contributed by atoms with Crippen LogP contribution in [-0.4, -0.2) is 38.1 Å². The Morgan fingerprint density at radius 2 is 1.76 bits per heavy atom.